The smallest absolute Gasteiger partial charge is 0.396 e. The Morgan fingerprint density at radius 2 is 0.670 bits per heavy atom. The molecule has 0 aromatic rings. The van der Waals surface area contributed by atoms with Gasteiger partial charge in [0.15, 0.2) is 18.9 Å². The minimum atomic E-state index is -4.87. The van der Waals surface area contributed by atoms with Gasteiger partial charge in [-0.05, 0) is 70.6 Å². The summed E-state index contributed by atoms with van der Waals surface area (Å²) < 4.78 is 162. The number of ether oxygens (including phenoxy) is 12. The first-order chi connectivity index (χ1) is 52.0. The van der Waals surface area contributed by atoms with Gasteiger partial charge in [-0.2, -0.15) is 0 Å². The number of aliphatic hydroxyl groups is 10. The SMILES string of the molecule is COCCCOCC(CO)COCCCOP(=O)(O)OCC(COCCCOP(=O)(O)OCCCCCCO[C@@H]1OC(CO)[C@H](O)[C@H](O)C1C)(COCCCOP(=O)(O)OCCCCCCO[C@@H]1OC(CO)[C@H](O)[C@H](O)C1C)COCCCOP(=O)(O)OCCCCCCO[C@@H]1OC(CO)[C@H](O)[C@H](O)C1NC(C)=O. The van der Waals surface area contributed by atoms with Crippen molar-refractivity contribution in [3.8, 4) is 0 Å². The van der Waals surface area contributed by atoms with Crippen molar-refractivity contribution in [2.45, 2.75) is 210 Å². The number of phosphoric acid groups is 4. The van der Waals surface area contributed by atoms with Gasteiger partial charge in [0.05, 0.1) is 130 Å². The first-order valence-corrected chi connectivity index (χ1v) is 43.4. The third kappa shape index (κ3) is 43.9. The van der Waals surface area contributed by atoms with E-state index in [0.717, 1.165) is 0 Å². The van der Waals surface area contributed by atoms with E-state index in [-0.39, 0.29) is 164 Å². The summed E-state index contributed by atoms with van der Waals surface area (Å²) in [6.45, 7) is 0.989. The van der Waals surface area contributed by atoms with Gasteiger partial charge in [0, 0.05) is 91.2 Å². The van der Waals surface area contributed by atoms with Crippen LogP contribution in [-0.4, -0.2) is 335 Å². The molecular weight excluding hydrogens is 1540 g/mol. The molecule has 0 saturated carbocycles. The second-order valence-corrected chi connectivity index (χ2v) is 32.8. The molecule has 3 aliphatic rings. The van der Waals surface area contributed by atoms with Crippen molar-refractivity contribution in [3.63, 3.8) is 0 Å². The highest BCUT2D eigenvalue weighted by molar-refractivity contribution is 7.48. The molecule has 0 aromatic carbocycles. The number of methoxy groups -OCH3 is 1. The Labute approximate surface area is 638 Å². The van der Waals surface area contributed by atoms with Crippen LogP contribution in [0, 0.1) is 23.2 Å². The number of aliphatic hydroxyl groups excluding tert-OH is 10. The molecule has 0 aliphatic carbocycles. The van der Waals surface area contributed by atoms with E-state index in [1.54, 1.807) is 21.0 Å². The molecule has 0 bridgehead atoms. The number of unbranched alkanes of at least 4 members (excludes halogenated alkanes) is 9. The second-order valence-electron chi connectivity index (χ2n) is 27.0. The van der Waals surface area contributed by atoms with Crippen LogP contribution < -0.4 is 5.32 Å². The zero-order valence-corrected chi connectivity index (χ0v) is 67.0. The van der Waals surface area contributed by atoms with E-state index < -0.39 is 161 Å². The number of nitrogens with one attached hydrogen (secondary N) is 1. The van der Waals surface area contributed by atoms with Gasteiger partial charge in [-0.1, -0.05) is 52.4 Å². The Morgan fingerprint density at radius 1 is 0.376 bits per heavy atom. The molecule has 40 nitrogen and oxygen atoms in total. The molecule has 11 unspecified atom stereocenters. The number of hydrogen-bond donors (Lipinski definition) is 15. The summed E-state index contributed by atoms with van der Waals surface area (Å²) in [4.78, 5) is 54.0. The lowest BCUT2D eigenvalue weighted by molar-refractivity contribution is -0.282. The predicted octanol–water partition coefficient (Wildman–Crippen LogP) is 1.62. The molecule has 3 rings (SSSR count). The van der Waals surface area contributed by atoms with Crippen molar-refractivity contribution in [2.24, 2.45) is 23.2 Å². The van der Waals surface area contributed by atoms with Crippen molar-refractivity contribution < 1.29 is 187 Å². The molecule has 0 radical (unpaired) electrons. The van der Waals surface area contributed by atoms with Crippen molar-refractivity contribution in [1.29, 1.82) is 0 Å². The van der Waals surface area contributed by atoms with Crippen LogP contribution in [0.3, 0.4) is 0 Å². The lowest BCUT2D eigenvalue weighted by Gasteiger charge is -2.42. The van der Waals surface area contributed by atoms with Crippen molar-refractivity contribution in [1.82, 2.24) is 5.32 Å². The number of amides is 1. The highest BCUT2D eigenvalue weighted by Gasteiger charge is 2.47. The summed E-state index contributed by atoms with van der Waals surface area (Å²) in [5.41, 5.74) is -1.48. The quantitative estimate of drug-likeness (QED) is 0.0304. The van der Waals surface area contributed by atoms with E-state index in [1.165, 1.54) is 6.92 Å². The molecule has 3 fully saturated rings. The molecule has 15 N–H and O–H groups in total. The molecule has 44 heteroatoms. The number of carbonyl (C=O) groups is 1. The number of hydrogen-bond acceptors (Lipinski definition) is 35. The molecular formula is C65H129NO39P4. The first-order valence-electron chi connectivity index (χ1n) is 37.4. The normalized spacial score (nSPS) is 27.9. The van der Waals surface area contributed by atoms with E-state index in [0.29, 0.717) is 96.7 Å². The molecule has 3 heterocycles. The van der Waals surface area contributed by atoms with Crippen LogP contribution in [0.1, 0.15) is 130 Å². The number of carbonyl (C=O) groups excluding carboxylic acids is 1. The second kappa shape index (κ2) is 58.0. The molecule has 0 aromatic heterocycles. The summed E-state index contributed by atoms with van der Waals surface area (Å²) >= 11 is 0. The van der Waals surface area contributed by atoms with E-state index in [2.05, 4.69) is 5.32 Å². The van der Waals surface area contributed by atoms with Crippen LogP contribution in [0.15, 0.2) is 0 Å². The number of phosphoric ester groups is 4. The maximum atomic E-state index is 13.5. The Bertz CT molecular complexity index is 2430. The monoisotopic (exact) mass is 1670 g/mol. The summed E-state index contributed by atoms with van der Waals surface area (Å²) in [5, 5.41) is 102. The van der Waals surface area contributed by atoms with E-state index in [9.17, 15) is 93.7 Å². The van der Waals surface area contributed by atoms with E-state index in [4.69, 9.17) is 93.0 Å². The fourth-order valence-corrected chi connectivity index (χ4v) is 14.3. The summed E-state index contributed by atoms with van der Waals surface area (Å²) in [6.07, 6.45) is -6.54. The van der Waals surface area contributed by atoms with Crippen LogP contribution in [0.2, 0.25) is 0 Å². The van der Waals surface area contributed by atoms with Crippen LogP contribution in [0.5, 0.6) is 0 Å². The van der Waals surface area contributed by atoms with Crippen molar-refractivity contribution >= 4 is 37.2 Å². The highest BCUT2D eigenvalue weighted by Crippen LogP contribution is 2.47. The van der Waals surface area contributed by atoms with Gasteiger partial charge in [0.1, 0.15) is 48.8 Å². The average molecular weight is 1670 g/mol. The topological polar surface area (TPSA) is 565 Å². The summed E-state index contributed by atoms with van der Waals surface area (Å²) in [6, 6.07) is -1.10. The standard InChI is InChI=1S/C65H129NO39P4/c1-48-56(72)58(74)52(39-68)103-62(48)92-28-11-5-8-14-31-95-106(78,79)98-35-19-25-89-44-65(47-102-109(84,85)101-34-18-24-88-43-51(38-67)42-87-23-17-22-86-4,45-90-26-20-36-99-107(80,81)96-32-15-9-6-12-29-93-63-49(2)57(73)59(75)53(40-69)104-63)46-91-27-21-37-100-108(82,83)97-33-16-10-7-13-30-94-64-55(66-50(3)71)61(77)60(76)54(41-70)105-64/h48-49,51-64,67-70,72-77H,5-47H2,1-4H3,(H,66,71)(H,78,79)(H,80,81)(H,82,83)(H,84,85)/t48?,49?,51?,52?,53?,54?,55?,56-,57-,58+,59+,60+,61-,62-,63-,64-,65?/m1/s1. The third-order valence-corrected chi connectivity index (χ3v) is 21.5. The van der Waals surface area contributed by atoms with Gasteiger partial charge in [-0.15, -0.1) is 0 Å². The predicted molar refractivity (Wildman–Crippen MR) is 381 cm³/mol. The third-order valence-electron chi connectivity index (χ3n) is 17.5. The summed E-state index contributed by atoms with van der Waals surface area (Å²) in [7, 11) is -16.9. The van der Waals surface area contributed by atoms with Crippen LogP contribution in [-0.2, 0) is 116 Å². The first kappa shape index (κ1) is 102. The molecule has 0 spiro atoms. The lowest BCUT2D eigenvalue weighted by atomic mass is 9.92. The Morgan fingerprint density at radius 3 is 1.00 bits per heavy atom. The zero-order valence-electron chi connectivity index (χ0n) is 63.4. The van der Waals surface area contributed by atoms with Gasteiger partial charge < -0.3 is 133 Å². The molecule has 3 aliphatic heterocycles. The van der Waals surface area contributed by atoms with Gasteiger partial charge in [-0.3, -0.25) is 41.0 Å². The Balaban J connectivity index is 1.60. The van der Waals surface area contributed by atoms with E-state index in [1.807, 2.05) is 0 Å². The molecule has 648 valence electrons. The summed E-state index contributed by atoms with van der Waals surface area (Å²) in [5.74, 6) is -1.92. The number of rotatable bonds is 69. The molecule has 109 heavy (non-hydrogen) atoms. The van der Waals surface area contributed by atoms with Crippen molar-refractivity contribution in [3.05, 3.63) is 0 Å². The average Bonchev–Trinajstić information content (AvgIpc) is 0.809. The minimum Gasteiger partial charge on any atom is -0.396 e. The fourth-order valence-electron chi connectivity index (χ4n) is 11.1. The van der Waals surface area contributed by atoms with Crippen molar-refractivity contribution in [2.75, 3.05) is 179 Å². The largest absolute Gasteiger partial charge is 0.472 e. The molecule has 3 saturated heterocycles. The maximum absolute atomic E-state index is 13.5. The van der Waals surface area contributed by atoms with Gasteiger partial charge in [0.2, 0.25) is 5.91 Å². The Kier molecular flexibility index (Phi) is 54.4. The van der Waals surface area contributed by atoms with Crippen LogP contribution in [0.25, 0.3) is 0 Å². The van der Waals surface area contributed by atoms with Crippen LogP contribution >= 0.6 is 31.3 Å². The minimum absolute atomic E-state index is 0.00864. The highest BCUT2D eigenvalue weighted by atomic mass is 31.2. The van der Waals surface area contributed by atoms with Gasteiger partial charge in [-0.25, -0.2) is 18.3 Å². The van der Waals surface area contributed by atoms with Gasteiger partial charge in [0.25, 0.3) is 0 Å². The van der Waals surface area contributed by atoms with Crippen LogP contribution in [0.4, 0.5) is 0 Å². The lowest BCUT2D eigenvalue weighted by Crippen LogP contribution is -2.64. The molecule has 1 amide bonds. The Hall–Kier alpha value is -0.970. The zero-order chi connectivity index (χ0) is 80.6. The fraction of sp³-hybridized carbons (Fsp3) is 0.985. The molecule has 20 atom stereocenters. The van der Waals surface area contributed by atoms with E-state index >= 15 is 0 Å². The van der Waals surface area contributed by atoms with Gasteiger partial charge >= 0.3 is 31.3 Å². The maximum Gasteiger partial charge on any atom is 0.472 e.